The van der Waals surface area contributed by atoms with Gasteiger partial charge in [0.2, 0.25) is 0 Å². The molecule has 0 bridgehead atoms. The number of aryl methyl sites for hydroxylation is 1. The van der Waals surface area contributed by atoms with Crippen LogP contribution in [-0.2, 0) is 7.05 Å². The van der Waals surface area contributed by atoms with Crippen LogP contribution in [0.4, 0.5) is 10.5 Å². The number of carbonyl (C=O) groups excluding carboxylic acids is 1. The van der Waals surface area contributed by atoms with Crippen molar-refractivity contribution in [2.24, 2.45) is 7.05 Å². The SMILES string of the molecule is CCCC(C)(CO)NC(=O)Nc1cnn(C)c1. The summed E-state index contributed by atoms with van der Waals surface area (Å²) in [7, 11) is 1.78. The Kier molecular flexibility index (Phi) is 4.51. The Morgan fingerprint density at radius 1 is 1.65 bits per heavy atom. The Morgan fingerprint density at radius 3 is 2.82 bits per heavy atom. The molecule has 0 radical (unpaired) electrons. The summed E-state index contributed by atoms with van der Waals surface area (Å²) >= 11 is 0. The lowest BCUT2D eigenvalue weighted by molar-refractivity contribution is 0.167. The van der Waals surface area contributed by atoms with E-state index in [-0.39, 0.29) is 12.6 Å². The predicted molar refractivity (Wildman–Crippen MR) is 65.8 cm³/mol. The first-order valence-electron chi connectivity index (χ1n) is 5.68. The minimum atomic E-state index is -0.582. The minimum Gasteiger partial charge on any atom is -0.394 e. The quantitative estimate of drug-likeness (QED) is 0.721. The summed E-state index contributed by atoms with van der Waals surface area (Å²) in [6, 6.07) is -0.331. The van der Waals surface area contributed by atoms with Crippen LogP contribution in [0.1, 0.15) is 26.7 Å². The third-order valence-electron chi connectivity index (χ3n) is 2.53. The average molecular weight is 240 g/mol. The molecule has 17 heavy (non-hydrogen) atoms. The molecule has 0 aliphatic carbocycles. The number of hydrogen-bond acceptors (Lipinski definition) is 3. The van der Waals surface area contributed by atoms with Crippen molar-refractivity contribution in [1.29, 1.82) is 0 Å². The van der Waals surface area contributed by atoms with Crippen molar-refractivity contribution in [3.63, 3.8) is 0 Å². The lowest BCUT2D eigenvalue weighted by Crippen LogP contribution is -2.50. The van der Waals surface area contributed by atoms with Crippen LogP contribution >= 0.6 is 0 Å². The lowest BCUT2D eigenvalue weighted by atomic mass is 9.98. The highest BCUT2D eigenvalue weighted by Gasteiger charge is 2.24. The minimum absolute atomic E-state index is 0.0820. The van der Waals surface area contributed by atoms with E-state index >= 15 is 0 Å². The fourth-order valence-electron chi connectivity index (χ4n) is 1.66. The van der Waals surface area contributed by atoms with E-state index in [0.717, 1.165) is 12.8 Å². The first-order valence-corrected chi connectivity index (χ1v) is 5.68. The number of amides is 2. The second kappa shape index (κ2) is 5.67. The van der Waals surface area contributed by atoms with E-state index in [9.17, 15) is 9.90 Å². The third-order valence-corrected chi connectivity index (χ3v) is 2.53. The zero-order valence-corrected chi connectivity index (χ0v) is 10.5. The molecule has 0 spiro atoms. The Bertz CT molecular complexity index is 377. The van der Waals surface area contributed by atoms with E-state index in [1.54, 1.807) is 24.1 Å². The summed E-state index contributed by atoms with van der Waals surface area (Å²) in [6.07, 6.45) is 4.89. The molecule has 1 aromatic rings. The van der Waals surface area contributed by atoms with Gasteiger partial charge >= 0.3 is 6.03 Å². The first kappa shape index (κ1) is 13.5. The number of rotatable bonds is 5. The van der Waals surface area contributed by atoms with E-state index in [1.165, 1.54) is 0 Å². The Labute approximate surface area is 101 Å². The van der Waals surface area contributed by atoms with Crippen LogP contribution < -0.4 is 10.6 Å². The molecule has 0 aromatic carbocycles. The van der Waals surface area contributed by atoms with Gasteiger partial charge in [0.05, 0.1) is 24.0 Å². The molecule has 1 rings (SSSR count). The van der Waals surface area contributed by atoms with Crippen molar-refractivity contribution >= 4 is 11.7 Å². The van der Waals surface area contributed by atoms with Gasteiger partial charge in [0.15, 0.2) is 0 Å². The topological polar surface area (TPSA) is 79.2 Å². The van der Waals surface area contributed by atoms with Crippen LogP contribution in [0, 0.1) is 0 Å². The van der Waals surface area contributed by atoms with Crippen molar-refractivity contribution in [3.8, 4) is 0 Å². The van der Waals surface area contributed by atoms with Gasteiger partial charge in [-0.25, -0.2) is 4.79 Å². The van der Waals surface area contributed by atoms with Crippen LogP contribution in [0.5, 0.6) is 0 Å². The maximum absolute atomic E-state index is 11.7. The number of aliphatic hydroxyl groups is 1. The van der Waals surface area contributed by atoms with E-state index in [1.807, 2.05) is 13.8 Å². The maximum atomic E-state index is 11.7. The molecule has 96 valence electrons. The number of anilines is 1. The molecule has 0 saturated heterocycles. The maximum Gasteiger partial charge on any atom is 0.319 e. The van der Waals surface area contributed by atoms with E-state index in [4.69, 9.17) is 0 Å². The van der Waals surface area contributed by atoms with Gasteiger partial charge in [-0.1, -0.05) is 13.3 Å². The monoisotopic (exact) mass is 240 g/mol. The molecule has 0 fully saturated rings. The van der Waals surface area contributed by atoms with Gasteiger partial charge in [-0.2, -0.15) is 5.10 Å². The lowest BCUT2D eigenvalue weighted by Gasteiger charge is -2.28. The molecule has 6 nitrogen and oxygen atoms in total. The summed E-state index contributed by atoms with van der Waals surface area (Å²) in [6.45, 7) is 3.75. The molecule has 0 saturated carbocycles. The van der Waals surface area contributed by atoms with Gasteiger partial charge in [0.1, 0.15) is 0 Å². The summed E-state index contributed by atoms with van der Waals surface area (Å²) in [5.74, 6) is 0. The summed E-state index contributed by atoms with van der Waals surface area (Å²) in [5, 5.41) is 18.7. The van der Waals surface area contributed by atoms with E-state index < -0.39 is 5.54 Å². The molecular weight excluding hydrogens is 220 g/mol. The molecule has 1 unspecified atom stereocenters. The average Bonchev–Trinajstić information content (AvgIpc) is 2.64. The Hall–Kier alpha value is -1.56. The highest BCUT2D eigenvalue weighted by molar-refractivity contribution is 5.89. The zero-order chi connectivity index (χ0) is 12.9. The molecule has 6 heteroatoms. The molecule has 3 N–H and O–H groups in total. The normalized spacial score (nSPS) is 14.1. The van der Waals surface area contributed by atoms with E-state index in [2.05, 4.69) is 15.7 Å². The highest BCUT2D eigenvalue weighted by Crippen LogP contribution is 2.12. The molecule has 2 amide bonds. The van der Waals surface area contributed by atoms with Gasteiger partial charge in [0, 0.05) is 13.2 Å². The predicted octanol–water partition coefficient (Wildman–Crippen LogP) is 1.09. The zero-order valence-electron chi connectivity index (χ0n) is 10.5. The van der Waals surface area contributed by atoms with Crippen molar-refractivity contribution in [2.75, 3.05) is 11.9 Å². The summed E-state index contributed by atoms with van der Waals surface area (Å²) in [5.41, 5.74) is 0.0444. The standard InChI is InChI=1S/C11H20N4O2/c1-4-5-11(2,8-16)14-10(17)13-9-6-12-15(3)7-9/h6-7,16H,4-5,8H2,1-3H3,(H2,13,14,17). The van der Waals surface area contributed by atoms with Crippen LogP contribution in [0.25, 0.3) is 0 Å². The summed E-state index contributed by atoms with van der Waals surface area (Å²) < 4.78 is 1.60. The fraction of sp³-hybridized carbons (Fsp3) is 0.636. The second-order valence-electron chi connectivity index (χ2n) is 4.45. The van der Waals surface area contributed by atoms with Crippen molar-refractivity contribution < 1.29 is 9.90 Å². The number of nitrogens with zero attached hydrogens (tertiary/aromatic N) is 2. The number of nitrogens with one attached hydrogen (secondary N) is 2. The smallest absolute Gasteiger partial charge is 0.319 e. The number of hydrogen-bond donors (Lipinski definition) is 3. The highest BCUT2D eigenvalue weighted by atomic mass is 16.3. The second-order valence-corrected chi connectivity index (χ2v) is 4.45. The fourth-order valence-corrected chi connectivity index (χ4v) is 1.66. The molecule has 1 heterocycles. The molecule has 0 aliphatic rings. The molecule has 1 aromatic heterocycles. The number of aliphatic hydroxyl groups excluding tert-OH is 1. The van der Waals surface area contributed by atoms with Gasteiger partial charge in [-0.05, 0) is 13.3 Å². The number of aromatic nitrogens is 2. The van der Waals surface area contributed by atoms with Crippen molar-refractivity contribution in [3.05, 3.63) is 12.4 Å². The van der Waals surface area contributed by atoms with Crippen molar-refractivity contribution in [2.45, 2.75) is 32.2 Å². The Balaban J connectivity index is 2.53. The largest absolute Gasteiger partial charge is 0.394 e. The van der Waals surface area contributed by atoms with Gasteiger partial charge in [0.25, 0.3) is 0 Å². The van der Waals surface area contributed by atoms with Crippen LogP contribution in [0.3, 0.4) is 0 Å². The van der Waals surface area contributed by atoms with Gasteiger partial charge in [-0.15, -0.1) is 0 Å². The first-order chi connectivity index (χ1) is 7.99. The number of carbonyl (C=O) groups is 1. The summed E-state index contributed by atoms with van der Waals surface area (Å²) in [4.78, 5) is 11.7. The molecule has 1 atom stereocenters. The van der Waals surface area contributed by atoms with Gasteiger partial charge < -0.3 is 15.7 Å². The Morgan fingerprint density at radius 2 is 2.35 bits per heavy atom. The third kappa shape index (κ3) is 4.07. The van der Waals surface area contributed by atoms with Crippen molar-refractivity contribution in [1.82, 2.24) is 15.1 Å². The van der Waals surface area contributed by atoms with Crippen LogP contribution in [0.2, 0.25) is 0 Å². The number of urea groups is 1. The van der Waals surface area contributed by atoms with Crippen LogP contribution in [-0.4, -0.2) is 33.1 Å². The molecule has 0 aliphatic heterocycles. The van der Waals surface area contributed by atoms with Gasteiger partial charge in [-0.3, -0.25) is 4.68 Å². The molecular formula is C11H20N4O2. The van der Waals surface area contributed by atoms with E-state index in [0.29, 0.717) is 5.69 Å². The van der Waals surface area contributed by atoms with Crippen LogP contribution in [0.15, 0.2) is 12.4 Å².